The average molecular weight is 1910 g/mol. The SMILES string of the molecule is CCCC[n+]1cc[nH]c1C.CCCC[n+]1cc[nH]c1C.CCCC[n+]1cc[nH]c1C.CCCC[n+]1cc[nH]c1C.CCCC[n+]1cc[nH]c1C.CCCC[n+]1cc[nH]c1C.CCCC[n+]1cc[nH]c1C.CCCC[n+]1cc[nH]c1C.CCCC[n+]1cc[nH]c1C.CCCC[n+]1cc[nH]c1C.CCCC[n+]1cc[nH]c1C.CCCC[n+]1cc[nH]c1C.[O-]B([O-])[O-].[O-]B([O-])[O-].[O-]B([O-])[O-].[O-]B([O-])[O-]. The van der Waals surface area contributed by atoms with Crippen LogP contribution in [0.5, 0.6) is 0 Å². The van der Waals surface area contributed by atoms with Gasteiger partial charge in [0.1, 0.15) is 149 Å². The summed E-state index contributed by atoms with van der Waals surface area (Å²) < 4.78 is 26.9. The second-order valence-electron chi connectivity index (χ2n) is 32.3. The summed E-state index contributed by atoms with van der Waals surface area (Å²) in [6.07, 6.45) is 79.1. The van der Waals surface area contributed by atoms with Crippen LogP contribution in [-0.2, 0) is 78.5 Å². The van der Waals surface area contributed by atoms with Crippen LogP contribution in [0, 0.1) is 83.1 Å². The molecule has 0 radical (unpaired) electrons. The minimum Gasteiger partial charge on any atom is -0.907 e. The summed E-state index contributed by atoms with van der Waals surface area (Å²) in [6.45, 7) is 65.4. The fourth-order valence-corrected chi connectivity index (χ4v) is 12.2. The molecule has 0 saturated heterocycles. The lowest BCUT2D eigenvalue weighted by Crippen LogP contribution is -2.56. The van der Waals surface area contributed by atoms with Crippen molar-refractivity contribution in [3.63, 3.8) is 0 Å². The van der Waals surface area contributed by atoms with Gasteiger partial charge in [0.05, 0.1) is 78.5 Å². The summed E-state index contributed by atoms with van der Waals surface area (Å²) in [6, 6.07) is 0. The Morgan fingerprint density at radius 1 is 0.147 bits per heavy atom. The van der Waals surface area contributed by atoms with Gasteiger partial charge < -0.3 is 60.3 Å². The Balaban J connectivity index is -0.000000689. The third-order valence-corrected chi connectivity index (χ3v) is 20.8. The van der Waals surface area contributed by atoms with E-state index < -0.39 is 29.3 Å². The van der Waals surface area contributed by atoms with Crippen LogP contribution in [0.25, 0.3) is 0 Å². The monoisotopic (exact) mass is 1910 g/mol. The van der Waals surface area contributed by atoms with E-state index in [1.165, 1.54) is 224 Å². The first kappa shape index (κ1) is 133. The van der Waals surface area contributed by atoms with Crippen LogP contribution in [0.1, 0.15) is 307 Å². The maximum absolute atomic E-state index is 8.42. The molecule has 0 unspecified atom stereocenters. The maximum atomic E-state index is 8.42. The van der Waals surface area contributed by atoms with E-state index in [9.17, 15) is 0 Å². The number of unbranched alkanes of at least 4 members (excludes halogenated alkanes) is 12. The smallest absolute Gasteiger partial charge is 0.251 e. The minimum atomic E-state index is -2.92. The Labute approximate surface area is 817 Å². The zero-order chi connectivity index (χ0) is 103. The van der Waals surface area contributed by atoms with Gasteiger partial charge in [-0.3, -0.25) is 29.3 Å². The number of hydrogen-bond acceptors (Lipinski definition) is 12. The molecule has 12 aromatic rings. The molecular formula is C96H180B4N24O12. The van der Waals surface area contributed by atoms with Gasteiger partial charge in [0.2, 0.25) is 0 Å². The second kappa shape index (κ2) is 90.4. The van der Waals surface area contributed by atoms with Crippen molar-refractivity contribution in [3.8, 4) is 0 Å². The van der Waals surface area contributed by atoms with E-state index in [1.807, 2.05) is 74.4 Å². The van der Waals surface area contributed by atoms with Gasteiger partial charge in [-0.05, 0) is 77.0 Å². The average Bonchev–Trinajstić information content (AvgIpc) is 1.90. The molecule has 0 aromatic carbocycles. The Morgan fingerprint density at radius 2 is 0.206 bits per heavy atom. The van der Waals surface area contributed by atoms with E-state index in [2.05, 4.69) is 355 Å². The van der Waals surface area contributed by atoms with Gasteiger partial charge in [-0.25, -0.2) is 115 Å². The van der Waals surface area contributed by atoms with Crippen molar-refractivity contribution >= 4 is 29.3 Å². The molecule has 0 amide bonds. The lowest BCUT2D eigenvalue weighted by Gasteiger charge is -2.35. The second-order valence-corrected chi connectivity index (χ2v) is 32.3. The molecule has 12 aromatic heterocycles. The van der Waals surface area contributed by atoms with Gasteiger partial charge in [0, 0.05) is 83.1 Å². The molecule has 0 aliphatic carbocycles. The Hall–Kier alpha value is -9.70. The van der Waals surface area contributed by atoms with Gasteiger partial charge in [-0.1, -0.05) is 160 Å². The van der Waals surface area contributed by atoms with Crippen molar-refractivity contribution in [1.82, 2.24) is 59.8 Å². The maximum Gasteiger partial charge on any atom is 0.251 e. The number of aromatic nitrogens is 24. The van der Waals surface area contributed by atoms with Crippen LogP contribution in [0.2, 0.25) is 0 Å². The number of hydrogen-bond donors (Lipinski definition) is 12. The van der Waals surface area contributed by atoms with E-state index in [-0.39, 0.29) is 0 Å². The van der Waals surface area contributed by atoms with Crippen LogP contribution in [0.15, 0.2) is 149 Å². The highest BCUT2D eigenvalue weighted by Crippen LogP contribution is 1.98. The molecule has 0 aliphatic heterocycles. The Kier molecular flexibility index (Phi) is 88.2. The van der Waals surface area contributed by atoms with Crippen LogP contribution in [0.3, 0.4) is 0 Å². The highest BCUT2D eigenvalue weighted by atomic mass is 16.5. The van der Waals surface area contributed by atoms with E-state index >= 15 is 0 Å². The van der Waals surface area contributed by atoms with Gasteiger partial charge in [-0.15, -0.1) is 0 Å². The molecular weight excluding hydrogens is 1720 g/mol. The summed E-state index contributed by atoms with van der Waals surface area (Å²) in [5.41, 5.74) is 0. The molecule has 0 fully saturated rings. The van der Waals surface area contributed by atoms with Crippen LogP contribution in [0.4, 0.5) is 0 Å². The number of nitrogens with one attached hydrogen (secondary N) is 12. The molecule has 0 atom stereocenters. The van der Waals surface area contributed by atoms with Crippen molar-refractivity contribution in [2.24, 2.45) is 0 Å². The predicted molar refractivity (Wildman–Crippen MR) is 511 cm³/mol. The zero-order valence-corrected chi connectivity index (χ0v) is 87.9. The molecule has 0 aliphatic rings. The van der Waals surface area contributed by atoms with Crippen molar-refractivity contribution < 1.29 is 115 Å². The van der Waals surface area contributed by atoms with Gasteiger partial charge in [0.25, 0.3) is 69.9 Å². The molecule has 12 heterocycles. The standard InChI is InChI=1S/12C8H14N2.4BO3/c12*1-3-4-6-10-7-5-9-8(10)2;4*2-1(3)4/h12*5,7H,3-4,6H2,1-2H3;;;;/q;;;;;;;;;;;;4*-3/p+12. The number of aryl methyl sites for hydroxylation is 24. The molecule has 768 valence electrons. The molecule has 36 nitrogen and oxygen atoms in total. The summed E-state index contributed by atoms with van der Waals surface area (Å²) >= 11 is 0. The van der Waals surface area contributed by atoms with E-state index in [1.54, 1.807) is 0 Å². The number of aromatic amines is 12. The predicted octanol–water partition coefficient (Wildman–Crippen LogP) is 1.14. The summed E-state index contributed by atoms with van der Waals surface area (Å²) in [5.74, 6) is 14.9. The number of imidazole rings is 12. The molecule has 0 spiro atoms. The molecule has 12 rings (SSSR count). The quantitative estimate of drug-likeness (QED) is 0.0194. The van der Waals surface area contributed by atoms with Gasteiger partial charge in [0.15, 0.2) is 0 Å². The lowest BCUT2D eigenvalue weighted by atomic mass is 10.3. The lowest BCUT2D eigenvalue weighted by molar-refractivity contribution is -0.702. The van der Waals surface area contributed by atoms with Crippen molar-refractivity contribution in [2.75, 3.05) is 0 Å². The fraction of sp³-hybridized carbons (Fsp3) is 0.625. The third kappa shape index (κ3) is 75.4. The highest BCUT2D eigenvalue weighted by Gasteiger charge is 2.11. The van der Waals surface area contributed by atoms with Crippen LogP contribution < -0.4 is 115 Å². The molecule has 12 N–H and O–H groups in total. The summed E-state index contributed by atoms with van der Waals surface area (Å²) in [4.78, 5) is 37.7. The Morgan fingerprint density at radius 3 is 0.243 bits per heavy atom. The summed E-state index contributed by atoms with van der Waals surface area (Å²) in [7, 11) is -11.7. The van der Waals surface area contributed by atoms with E-state index in [0.717, 1.165) is 78.5 Å². The number of rotatable bonds is 36. The van der Waals surface area contributed by atoms with Gasteiger partial charge in [-0.2, -0.15) is 0 Å². The molecule has 40 heteroatoms. The zero-order valence-electron chi connectivity index (χ0n) is 87.9. The van der Waals surface area contributed by atoms with Crippen molar-refractivity contribution in [1.29, 1.82) is 0 Å². The number of H-pyrrole nitrogens is 12. The minimum absolute atomic E-state index is 1.14. The first-order valence-electron chi connectivity index (χ1n) is 49.4. The first-order valence-corrected chi connectivity index (χ1v) is 49.4. The van der Waals surface area contributed by atoms with E-state index in [0.29, 0.717) is 0 Å². The van der Waals surface area contributed by atoms with Crippen LogP contribution in [-0.4, -0.2) is 89.1 Å². The third-order valence-electron chi connectivity index (χ3n) is 20.8. The number of nitrogens with zero attached hydrogens (tertiary/aromatic N) is 12. The molecule has 0 bridgehead atoms. The fourth-order valence-electron chi connectivity index (χ4n) is 12.2. The van der Waals surface area contributed by atoms with Crippen LogP contribution >= 0.6 is 0 Å². The molecule has 136 heavy (non-hydrogen) atoms. The normalized spacial score (nSPS) is 9.79. The van der Waals surface area contributed by atoms with E-state index in [4.69, 9.17) is 60.3 Å². The highest BCUT2D eigenvalue weighted by molar-refractivity contribution is 6.24. The molecule has 0 saturated carbocycles. The van der Waals surface area contributed by atoms with Gasteiger partial charge >= 0.3 is 0 Å². The Bertz CT molecular complexity index is 3510. The largest absolute Gasteiger partial charge is 0.907 e. The first-order chi connectivity index (χ1) is 65.0. The van der Waals surface area contributed by atoms with Crippen molar-refractivity contribution in [3.05, 3.63) is 219 Å². The summed E-state index contributed by atoms with van der Waals surface area (Å²) in [5, 5.41) is 101. The topological polar surface area (TPSA) is 513 Å². The van der Waals surface area contributed by atoms with Crippen molar-refractivity contribution in [2.45, 2.75) is 399 Å².